The van der Waals surface area contributed by atoms with Crippen molar-refractivity contribution in [3.8, 4) is 5.69 Å². The Kier molecular flexibility index (Phi) is 6.15. The molecule has 1 aromatic carbocycles. The second kappa shape index (κ2) is 8.83. The van der Waals surface area contributed by atoms with Crippen LogP contribution >= 0.6 is 12.2 Å². The van der Waals surface area contributed by atoms with Crippen molar-refractivity contribution in [3.05, 3.63) is 82.4 Å². The van der Waals surface area contributed by atoms with Crippen molar-refractivity contribution in [3.63, 3.8) is 0 Å². The highest BCUT2D eigenvalue weighted by atomic mass is 32.1. The molecule has 162 valence electrons. The Morgan fingerprint density at radius 2 is 1.87 bits per heavy atom. The zero-order valence-corrected chi connectivity index (χ0v) is 20.0. The molecule has 2 atom stereocenters. The van der Waals surface area contributed by atoms with E-state index in [4.69, 9.17) is 12.2 Å². The van der Waals surface area contributed by atoms with Crippen molar-refractivity contribution in [1.29, 1.82) is 0 Å². The predicted octanol–water partition coefficient (Wildman–Crippen LogP) is 5.74. The van der Waals surface area contributed by atoms with Crippen molar-refractivity contribution in [2.45, 2.75) is 59.5 Å². The Morgan fingerprint density at radius 3 is 2.55 bits per heavy atom. The molecule has 3 heterocycles. The molecule has 4 rings (SSSR count). The van der Waals surface area contributed by atoms with Crippen LogP contribution in [0.5, 0.6) is 0 Å². The maximum atomic E-state index is 5.78. The molecule has 1 saturated heterocycles. The van der Waals surface area contributed by atoms with E-state index in [1.54, 1.807) is 0 Å². The summed E-state index contributed by atoms with van der Waals surface area (Å²) in [5.41, 5.74) is 8.88. The van der Waals surface area contributed by atoms with Crippen LogP contribution in [0.3, 0.4) is 0 Å². The molecule has 1 aliphatic rings. The maximum Gasteiger partial charge on any atom is 0.170 e. The van der Waals surface area contributed by atoms with Crippen molar-refractivity contribution >= 4 is 17.3 Å². The summed E-state index contributed by atoms with van der Waals surface area (Å²) < 4.78 is 2.43. The van der Waals surface area contributed by atoms with E-state index in [0.717, 1.165) is 30.2 Å². The van der Waals surface area contributed by atoms with Crippen LogP contribution in [-0.2, 0) is 6.42 Å². The van der Waals surface area contributed by atoms with Crippen LogP contribution in [0.25, 0.3) is 5.69 Å². The summed E-state index contributed by atoms with van der Waals surface area (Å²) in [6.07, 6.45) is 3.92. The minimum Gasteiger partial charge on any atom is -0.352 e. The van der Waals surface area contributed by atoms with Crippen LogP contribution in [-0.4, -0.2) is 26.1 Å². The predicted molar refractivity (Wildman–Crippen MR) is 132 cm³/mol. The van der Waals surface area contributed by atoms with Crippen LogP contribution in [0, 0.1) is 20.8 Å². The molecule has 1 aliphatic heterocycles. The Bertz CT molecular complexity index is 1090. The summed E-state index contributed by atoms with van der Waals surface area (Å²) in [5, 5.41) is 4.39. The lowest BCUT2D eigenvalue weighted by Gasteiger charge is -2.28. The van der Waals surface area contributed by atoms with E-state index in [-0.39, 0.29) is 12.1 Å². The minimum atomic E-state index is 0.0386. The van der Waals surface area contributed by atoms with Crippen molar-refractivity contribution in [2.24, 2.45) is 0 Å². The highest BCUT2D eigenvalue weighted by molar-refractivity contribution is 7.80. The molecule has 1 fully saturated rings. The third kappa shape index (κ3) is 3.76. The van der Waals surface area contributed by atoms with Crippen LogP contribution in [0.1, 0.15) is 66.1 Å². The highest BCUT2D eigenvalue weighted by Crippen LogP contribution is 2.41. The van der Waals surface area contributed by atoms with Gasteiger partial charge in [0, 0.05) is 24.1 Å². The Hall–Kier alpha value is -2.66. The summed E-state index contributed by atoms with van der Waals surface area (Å²) in [7, 11) is 0. The average Bonchev–Trinajstić information content (AvgIpc) is 3.24. The summed E-state index contributed by atoms with van der Waals surface area (Å²) in [4.78, 5) is 7.02. The number of nitrogens with one attached hydrogen (secondary N) is 1. The van der Waals surface area contributed by atoms with E-state index in [9.17, 15) is 0 Å². The molecule has 0 unspecified atom stereocenters. The second-order valence-corrected chi connectivity index (χ2v) is 8.80. The molecule has 5 heteroatoms. The Balaban J connectivity index is 1.88. The van der Waals surface area contributed by atoms with Gasteiger partial charge >= 0.3 is 0 Å². The third-order valence-electron chi connectivity index (χ3n) is 6.38. The number of rotatable bonds is 6. The molecule has 0 amide bonds. The molecule has 4 nitrogen and oxygen atoms in total. The van der Waals surface area contributed by atoms with Gasteiger partial charge in [-0.1, -0.05) is 38.1 Å². The zero-order chi connectivity index (χ0) is 22.1. The monoisotopic (exact) mass is 432 g/mol. The Morgan fingerprint density at radius 1 is 1.06 bits per heavy atom. The van der Waals surface area contributed by atoms with Crippen LogP contribution < -0.4 is 5.32 Å². The number of thiocarbonyl (C=S) groups is 1. The van der Waals surface area contributed by atoms with Gasteiger partial charge in [0.2, 0.25) is 0 Å². The normalized spacial score (nSPS) is 18.5. The summed E-state index contributed by atoms with van der Waals surface area (Å²) >= 11 is 5.78. The van der Waals surface area contributed by atoms with Gasteiger partial charge in [-0.2, -0.15) is 0 Å². The zero-order valence-electron chi connectivity index (χ0n) is 19.1. The van der Waals surface area contributed by atoms with Crippen molar-refractivity contribution in [2.75, 3.05) is 6.54 Å². The van der Waals surface area contributed by atoms with Gasteiger partial charge in [-0.15, -0.1) is 0 Å². The SMILES string of the molecule is CCCN1C(=S)N[C@@H](c2ccccn2)[C@H]1c1cc(C)n(-c2c(C)cccc2CC)c1C. The number of hydrogen-bond donors (Lipinski definition) is 1. The molecule has 0 bridgehead atoms. The average molecular weight is 433 g/mol. The third-order valence-corrected chi connectivity index (χ3v) is 6.73. The number of hydrogen-bond acceptors (Lipinski definition) is 2. The molecular formula is C26H32N4S. The van der Waals surface area contributed by atoms with Crippen LogP contribution in [0.2, 0.25) is 0 Å². The van der Waals surface area contributed by atoms with Gasteiger partial charge in [-0.3, -0.25) is 4.98 Å². The van der Waals surface area contributed by atoms with E-state index < -0.39 is 0 Å². The number of aryl methyl sites for hydroxylation is 3. The molecular weight excluding hydrogens is 400 g/mol. The molecule has 0 radical (unpaired) electrons. The summed E-state index contributed by atoms with van der Waals surface area (Å²) in [6, 6.07) is 15.2. The number of para-hydroxylation sites is 1. The van der Waals surface area contributed by atoms with Gasteiger partial charge in [-0.05, 0) is 80.7 Å². The first kappa shape index (κ1) is 21.6. The molecule has 31 heavy (non-hydrogen) atoms. The number of nitrogens with zero attached hydrogens (tertiary/aromatic N) is 3. The van der Waals surface area contributed by atoms with Gasteiger partial charge in [0.15, 0.2) is 5.11 Å². The fraction of sp³-hybridized carbons (Fsp3) is 0.385. The molecule has 1 N–H and O–H groups in total. The molecule has 3 aromatic rings. The molecule has 0 saturated carbocycles. The number of aromatic nitrogens is 2. The summed E-state index contributed by atoms with van der Waals surface area (Å²) in [5.74, 6) is 0. The van der Waals surface area contributed by atoms with Crippen molar-refractivity contribution in [1.82, 2.24) is 19.8 Å². The standard InChI is InChI=1S/C26H32N4S/c1-6-15-29-25(23(28-26(29)31)22-13-8-9-14-27-22)21-16-18(4)30(19(21)5)24-17(3)11-10-12-20(24)7-2/h8-14,16,23,25H,6-7,15H2,1-5H3,(H,28,31)/t23-,25+/m0/s1. The minimum absolute atomic E-state index is 0.0386. The largest absolute Gasteiger partial charge is 0.352 e. The van der Waals surface area contributed by atoms with Crippen molar-refractivity contribution < 1.29 is 0 Å². The number of pyridine rings is 1. The van der Waals surface area contributed by atoms with E-state index in [1.165, 1.54) is 33.8 Å². The van der Waals surface area contributed by atoms with E-state index in [0.29, 0.717) is 0 Å². The molecule has 0 spiro atoms. The van der Waals surface area contributed by atoms with Crippen LogP contribution in [0.4, 0.5) is 0 Å². The van der Waals surface area contributed by atoms with Gasteiger partial charge in [0.05, 0.1) is 23.5 Å². The smallest absolute Gasteiger partial charge is 0.170 e. The first-order valence-corrected chi connectivity index (χ1v) is 11.6. The number of benzene rings is 1. The highest BCUT2D eigenvalue weighted by Gasteiger charge is 2.41. The van der Waals surface area contributed by atoms with E-state index in [1.807, 2.05) is 12.3 Å². The lowest BCUT2D eigenvalue weighted by Crippen LogP contribution is -2.30. The lowest BCUT2D eigenvalue weighted by molar-refractivity contribution is 0.316. The van der Waals surface area contributed by atoms with Gasteiger partial charge in [0.1, 0.15) is 0 Å². The quantitative estimate of drug-likeness (QED) is 0.503. The Labute approximate surface area is 191 Å². The summed E-state index contributed by atoms with van der Waals surface area (Å²) in [6.45, 7) is 12.0. The first-order chi connectivity index (χ1) is 15.0. The fourth-order valence-corrected chi connectivity index (χ4v) is 5.31. The topological polar surface area (TPSA) is 33.1 Å². The van der Waals surface area contributed by atoms with Gasteiger partial charge in [-0.25, -0.2) is 0 Å². The second-order valence-electron chi connectivity index (χ2n) is 8.42. The van der Waals surface area contributed by atoms with Crippen LogP contribution in [0.15, 0.2) is 48.7 Å². The molecule has 2 aromatic heterocycles. The van der Waals surface area contributed by atoms with Gasteiger partial charge < -0.3 is 14.8 Å². The van der Waals surface area contributed by atoms with E-state index in [2.05, 4.69) is 90.8 Å². The van der Waals surface area contributed by atoms with E-state index >= 15 is 0 Å². The maximum absolute atomic E-state index is 5.78. The van der Waals surface area contributed by atoms with Gasteiger partial charge in [0.25, 0.3) is 0 Å². The fourth-order valence-electron chi connectivity index (χ4n) is 4.98. The molecule has 0 aliphatic carbocycles. The lowest BCUT2D eigenvalue weighted by atomic mass is 9.96. The first-order valence-electron chi connectivity index (χ1n) is 11.2.